The van der Waals surface area contributed by atoms with E-state index in [0.29, 0.717) is 39.2 Å². The molecule has 0 unspecified atom stereocenters. The Labute approximate surface area is 222 Å². The summed E-state index contributed by atoms with van der Waals surface area (Å²) in [7, 11) is 0. The quantitative estimate of drug-likeness (QED) is 0.263. The van der Waals surface area contributed by atoms with Gasteiger partial charge >= 0.3 is 6.03 Å². The average molecular weight is 523 g/mol. The molecule has 0 aliphatic heterocycles. The van der Waals surface area contributed by atoms with Crippen LogP contribution in [0.1, 0.15) is 40.5 Å². The number of aromatic hydroxyl groups is 1. The number of hydrogen-bond donors (Lipinski definition) is 3. The van der Waals surface area contributed by atoms with E-state index >= 15 is 0 Å². The van der Waals surface area contributed by atoms with E-state index in [1.54, 1.807) is 42.5 Å². The Morgan fingerprint density at radius 1 is 1.00 bits per heavy atom. The fraction of sp³-hybridized carbons (Fsp3) is 0.138. The Balaban J connectivity index is 1.25. The minimum Gasteiger partial charge on any atom is -0.507 e. The van der Waals surface area contributed by atoms with Gasteiger partial charge in [0.2, 0.25) is 0 Å². The molecule has 1 fully saturated rings. The van der Waals surface area contributed by atoms with E-state index in [4.69, 9.17) is 0 Å². The first-order chi connectivity index (χ1) is 19.0. The number of aromatic nitrogens is 4. The van der Waals surface area contributed by atoms with Crippen LogP contribution in [0.2, 0.25) is 0 Å². The zero-order valence-electron chi connectivity index (χ0n) is 20.6. The number of hydrogen-bond acceptors (Lipinski definition) is 6. The van der Waals surface area contributed by atoms with Gasteiger partial charge in [-0.05, 0) is 55.3 Å². The number of nitrogens with one attached hydrogen (secondary N) is 2. The molecule has 194 valence electrons. The summed E-state index contributed by atoms with van der Waals surface area (Å²) in [6, 6.07) is 19.3. The molecule has 1 aliphatic carbocycles. The SMILES string of the molecule is O=C(Nc1ccc(O)c(-c2cc(C3CC3)n(C(=O)NCc3ccccc3F)n2)c1)c1cnc2ccccc2n1. The van der Waals surface area contributed by atoms with Crippen molar-refractivity contribution in [3.8, 4) is 17.0 Å². The predicted molar refractivity (Wildman–Crippen MR) is 143 cm³/mol. The monoisotopic (exact) mass is 522 g/mol. The molecule has 3 aromatic carbocycles. The second-order valence-electron chi connectivity index (χ2n) is 9.32. The lowest BCUT2D eigenvalue weighted by Crippen LogP contribution is -2.30. The van der Waals surface area contributed by atoms with Crippen molar-refractivity contribution in [3.63, 3.8) is 0 Å². The molecule has 0 atom stereocenters. The maximum atomic E-state index is 14.0. The number of phenolic OH excluding ortho intramolecular Hbond substituents is 1. The highest BCUT2D eigenvalue weighted by molar-refractivity contribution is 6.04. The van der Waals surface area contributed by atoms with Crippen LogP contribution in [0.25, 0.3) is 22.3 Å². The van der Waals surface area contributed by atoms with Gasteiger partial charge in [-0.2, -0.15) is 9.78 Å². The van der Waals surface area contributed by atoms with Crippen LogP contribution in [-0.2, 0) is 6.54 Å². The van der Waals surface area contributed by atoms with Crippen molar-refractivity contribution in [1.82, 2.24) is 25.1 Å². The number of para-hydroxylation sites is 2. The van der Waals surface area contributed by atoms with Gasteiger partial charge in [-0.15, -0.1) is 0 Å². The van der Waals surface area contributed by atoms with Crippen LogP contribution in [0.15, 0.2) is 79.0 Å². The topological polar surface area (TPSA) is 122 Å². The van der Waals surface area contributed by atoms with Crippen LogP contribution in [0.3, 0.4) is 0 Å². The first kappa shape index (κ1) is 24.2. The van der Waals surface area contributed by atoms with E-state index in [1.165, 1.54) is 23.0 Å². The molecule has 9 nitrogen and oxygen atoms in total. The Morgan fingerprint density at radius 2 is 1.77 bits per heavy atom. The second-order valence-corrected chi connectivity index (χ2v) is 9.32. The summed E-state index contributed by atoms with van der Waals surface area (Å²) in [6.07, 6.45) is 3.24. The summed E-state index contributed by atoms with van der Waals surface area (Å²) in [6.45, 7) is 0.00916. The summed E-state index contributed by atoms with van der Waals surface area (Å²) >= 11 is 0. The van der Waals surface area contributed by atoms with E-state index in [0.717, 1.165) is 12.8 Å². The lowest BCUT2D eigenvalue weighted by Gasteiger charge is -2.09. The molecule has 0 bridgehead atoms. The van der Waals surface area contributed by atoms with Gasteiger partial charge in [0.1, 0.15) is 17.3 Å². The first-order valence-electron chi connectivity index (χ1n) is 12.4. The highest BCUT2D eigenvalue weighted by Crippen LogP contribution is 2.42. The largest absolute Gasteiger partial charge is 0.507 e. The minimum atomic E-state index is -0.495. The van der Waals surface area contributed by atoms with E-state index in [9.17, 15) is 19.1 Å². The number of carbonyl (C=O) groups excluding carboxylic acids is 2. The predicted octanol–water partition coefficient (Wildman–Crippen LogP) is 5.23. The van der Waals surface area contributed by atoms with Crippen molar-refractivity contribution in [2.24, 2.45) is 0 Å². The number of nitrogens with zero attached hydrogens (tertiary/aromatic N) is 4. The first-order valence-corrected chi connectivity index (χ1v) is 12.4. The van der Waals surface area contributed by atoms with Crippen LogP contribution in [-0.4, -0.2) is 36.8 Å². The normalized spacial score (nSPS) is 12.8. The van der Waals surface area contributed by atoms with E-state index in [1.807, 2.05) is 18.2 Å². The van der Waals surface area contributed by atoms with Crippen molar-refractivity contribution < 1.29 is 19.1 Å². The van der Waals surface area contributed by atoms with E-state index in [2.05, 4.69) is 25.7 Å². The zero-order valence-corrected chi connectivity index (χ0v) is 20.6. The molecule has 2 heterocycles. The number of carbonyl (C=O) groups is 2. The van der Waals surface area contributed by atoms with Gasteiger partial charge in [0, 0.05) is 29.3 Å². The fourth-order valence-corrected chi connectivity index (χ4v) is 4.33. The number of anilines is 1. The van der Waals surface area contributed by atoms with E-state index in [-0.39, 0.29) is 23.9 Å². The van der Waals surface area contributed by atoms with Crippen LogP contribution in [0, 0.1) is 5.82 Å². The van der Waals surface area contributed by atoms with Gasteiger partial charge in [-0.3, -0.25) is 9.78 Å². The molecule has 0 radical (unpaired) electrons. The van der Waals surface area contributed by atoms with Gasteiger partial charge in [0.25, 0.3) is 5.91 Å². The summed E-state index contributed by atoms with van der Waals surface area (Å²) in [5.41, 5.74) is 3.63. The number of rotatable bonds is 6. The van der Waals surface area contributed by atoms with Crippen molar-refractivity contribution in [2.45, 2.75) is 25.3 Å². The van der Waals surface area contributed by atoms with Crippen LogP contribution in [0.5, 0.6) is 5.75 Å². The van der Waals surface area contributed by atoms with Gasteiger partial charge in [0.05, 0.1) is 28.6 Å². The molecule has 1 aliphatic rings. The zero-order chi connectivity index (χ0) is 26.9. The molecule has 2 amide bonds. The Hall–Kier alpha value is -5.12. The average Bonchev–Trinajstić information content (AvgIpc) is 3.71. The molecule has 2 aromatic heterocycles. The molecule has 10 heteroatoms. The maximum absolute atomic E-state index is 14.0. The minimum absolute atomic E-state index is 0.00916. The molecule has 3 N–H and O–H groups in total. The fourth-order valence-electron chi connectivity index (χ4n) is 4.33. The molecule has 6 rings (SSSR count). The summed E-state index contributed by atoms with van der Waals surface area (Å²) < 4.78 is 15.3. The van der Waals surface area contributed by atoms with Crippen molar-refractivity contribution in [3.05, 3.63) is 102 Å². The lowest BCUT2D eigenvalue weighted by atomic mass is 10.1. The van der Waals surface area contributed by atoms with Gasteiger partial charge < -0.3 is 15.7 Å². The molecular formula is C29H23FN6O3. The molecule has 1 saturated carbocycles. The molecular weight excluding hydrogens is 499 g/mol. The second kappa shape index (κ2) is 9.97. The van der Waals surface area contributed by atoms with Gasteiger partial charge in [-0.1, -0.05) is 30.3 Å². The number of halogens is 1. The highest BCUT2D eigenvalue weighted by Gasteiger charge is 2.31. The van der Waals surface area contributed by atoms with Crippen molar-refractivity contribution in [1.29, 1.82) is 0 Å². The summed E-state index contributed by atoms with van der Waals surface area (Å²) in [4.78, 5) is 34.5. The summed E-state index contributed by atoms with van der Waals surface area (Å²) in [5, 5.41) is 20.6. The Morgan fingerprint density at radius 3 is 2.56 bits per heavy atom. The molecule has 5 aromatic rings. The number of amides is 2. The number of phenols is 1. The Bertz CT molecular complexity index is 1730. The van der Waals surface area contributed by atoms with Crippen molar-refractivity contribution >= 4 is 28.7 Å². The number of fused-ring (bicyclic) bond motifs is 1. The van der Waals surface area contributed by atoms with Crippen molar-refractivity contribution in [2.75, 3.05) is 5.32 Å². The third kappa shape index (κ3) is 5.04. The van der Waals surface area contributed by atoms with Gasteiger partial charge in [0.15, 0.2) is 0 Å². The standard InChI is InChI=1S/C29H23FN6O3/c30-21-6-2-1-5-18(21)15-32-29(39)36-26(17-9-10-17)14-24(35-36)20-13-19(11-12-27(20)37)33-28(38)25-16-31-22-7-3-4-8-23(22)34-25/h1-8,11-14,16-17,37H,9-10,15H2,(H,32,39)(H,33,38). The van der Waals surface area contributed by atoms with Gasteiger partial charge in [-0.25, -0.2) is 14.2 Å². The Kier molecular flexibility index (Phi) is 6.20. The highest BCUT2D eigenvalue weighted by atomic mass is 19.1. The maximum Gasteiger partial charge on any atom is 0.342 e. The third-order valence-electron chi connectivity index (χ3n) is 6.52. The van der Waals surface area contributed by atoms with E-state index < -0.39 is 17.8 Å². The third-order valence-corrected chi connectivity index (χ3v) is 6.52. The molecule has 0 spiro atoms. The molecule has 0 saturated heterocycles. The number of benzene rings is 3. The van der Waals surface area contributed by atoms with Crippen LogP contribution < -0.4 is 10.6 Å². The van der Waals surface area contributed by atoms with Crippen LogP contribution >= 0.6 is 0 Å². The van der Waals surface area contributed by atoms with Crippen LogP contribution in [0.4, 0.5) is 14.9 Å². The lowest BCUT2D eigenvalue weighted by molar-refractivity contribution is 0.102. The molecule has 39 heavy (non-hydrogen) atoms. The summed E-state index contributed by atoms with van der Waals surface area (Å²) in [5.74, 6) is -0.749. The smallest absolute Gasteiger partial charge is 0.342 e.